The van der Waals surface area contributed by atoms with Gasteiger partial charge in [-0.25, -0.2) is 4.79 Å². The van der Waals surface area contributed by atoms with Gasteiger partial charge in [-0.2, -0.15) is 0 Å². The van der Waals surface area contributed by atoms with Crippen molar-refractivity contribution in [2.75, 3.05) is 6.61 Å². The summed E-state index contributed by atoms with van der Waals surface area (Å²) in [5, 5.41) is 24.2. The van der Waals surface area contributed by atoms with Crippen molar-refractivity contribution in [2.24, 2.45) is 5.73 Å². The molecular weight excluding hydrogens is 114 g/mol. The fraction of sp³-hybridized carbons (Fsp3) is 0.667. The van der Waals surface area contributed by atoms with Crippen LogP contribution in [-0.2, 0) is 4.79 Å². The van der Waals surface area contributed by atoms with Gasteiger partial charge in [-0.15, -0.1) is 0 Å². The van der Waals surface area contributed by atoms with Crippen LogP contribution in [0, 0.1) is 0 Å². The molecule has 0 radical (unpaired) electrons. The first-order valence-electron chi connectivity index (χ1n) is 1.86. The molecule has 5 nitrogen and oxygen atoms in total. The molecule has 0 aromatic heterocycles. The average Bonchev–Trinajstić information content (AvgIpc) is 1.67. The zero-order valence-corrected chi connectivity index (χ0v) is 4.03. The van der Waals surface area contributed by atoms with Crippen molar-refractivity contribution in [2.45, 2.75) is 5.72 Å². The van der Waals surface area contributed by atoms with Crippen molar-refractivity contribution >= 4 is 5.97 Å². The first-order chi connectivity index (χ1) is 3.50. The highest BCUT2D eigenvalue weighted by molar-refractivity contribution is 5.76. The maximum Gasteiger partial charge on any atom is 0.353 e. The number of aliphatic hydroxyl groups excluding tert-OH is 1. The lowest BCUT2D eigenvalue weighted by Gasteiger charge is -2.12. The van der Waals surface area contributed by atoms with E-state index in [1.165, 1.54) is 0 Å². The molecule has 0 rings (SSSR count). The first-order valence-corrected chi connectivity index (χ1v) is 1.86. The van der Waals surface area contributed by atoms with Crippen LogP contribution in [0.3, 0.4) is 0 Å². The van der Waals surface area contributed by atoms with Gasteiger partial charge in [0.2, 0.25) is 5.72 Å². The molecule has 8 heavy (non-hydrogen) atoms. The van der Waals surface area contributed by atoms with Crippen molar-refractivity contribution in [1.82, 2.24) is 0 Å². The Morgan fingerprint density at radius 2 is 2.12 bits per heavy atom. The van der Waals surface area contributed by atoms with E-state index < -0.39 is 18.3 Å². The Balaban J connectivity index is 3.91. The fourth-order valence-corrected chi connectivity index (χ4v) is 0.0676. The van der Waals surface area contributed by atoms with Crippen LogP contribution in [-0.4, -0.2) is 33.6 Å². The number of aliphatic hydroxyl groups is 2. The largest absolute Gasteiger partial charge is 0.478 e. The molecule has 48 valence electrons. The van der Waals surface area contributed by atoms with Gasteiger partial charge in [0.15, 0.2) is 0 Å². The predicted octanol–water partition coefficient (Wildman–Crippen LogP) is -2.29. The Kier molecular flexibility index (Phi) is 1.91. The summed E-state index contributed by atoms with van der Waals surface area (Å²) in [4.78, 5) is 9.72. The standard InChI is InChI=1S/C3H7NO4/c4-3(8,1-5)2(6)7/h5,8H,1,4H2,(H,6,7)/t3-/m1/s1. The van der Waals surface area contributed by atoms with Crippen LogP contribution in [0.5, 0.6) is 0 Å². The van der Waals surface area contributed by atoms with Crippen molar-refractivity contribution in [3.63, 3.8) is 0 Å². The first kappa shape index (κ1) is 7.35. The molecule has 5 heteroatoms. The van der Waals surface area contributed by atoms with Crippen LogP contribution >= 0.6 is 0 Å². The Hall–Kier alpha value is -0.650. The summed E-state index contributed by atoms with van der Waals surface area (Å²) in [5.41, 5.74) is 2.08. The highest BCUT2D eigenvalue weighted by Crippen LogP contribution is 1.89. The van der Waals surface area contributed by atoms with Crippen LogP contribution in [0.25, 0.3) is 0 Å². The molecule has 0 heterocycles. The van der Waals surface area contributed by atoms with E-state index in [2.05, 4.69) is 5.73 Å². The van der Waals surface area contributed by atoms with Gasteiger partial charge >= 0.3 is 5.97 Å². The second-order valence-corrected chi connectivity index (χ2v) is 1.39. The lowest BCUT2D eigenvalue weighted by atomic mass is 10.3. The van der Waals surface area contributed by atoms with E-state index in [0.717, 1.165) is 0 Å². The van der Waals surface area contributed by atoms with Crippen LogP contribution in [0.2, 0.25) is 0 Å². The number of aliphatic carboxylic acids is 1. The smallest absolute Gasteiger partial charge is 0.353 e. The van der Waals surface area contributed by atoms with Gasteiger partial charge in [-0.05, 0) is 0 Å². The second kappa shape index (κ2) is 2.08. The topological polar surface area (TPSA) is 104 Å². The summed E-state index contributed by atoms with van der Waals surface area (Å²) >= 11 is 0. The number of carbonyl (C=O) groups is 1. The Morgan fingerprint density at radius 1 is 1.75 bits per heavy atom. The van der Waals surface area contributed by atoms with Gasteiger partial charge in [-0.1, -0.05) is 0 Å². The Bertz CT molecular complexity index is 99.5. The highest BCUT2D eigenvalue weighted by Gasteiger charge is 2.29. The zero-order chi connectivity index (χ0) is 6.78. The summed E-state index contributed by atoms with van der Waals surface area (Å²) in [6, 6.07) is 0. The zero-order valence-electron chi connectivity index (χ0n) is 4.03. The molecule has 0 spiro atoms. The molecule has 0 aromatic carbocycles. The Labute approximate surface area is 45.4 Å². The molecule has 0 aliphatic heterocycles. The van der Waals surface area contributed by atoms with E-state index in [9.17, 15) is 4.79 Å². The highest BCUT2D eigenvalue weighted by atomic mass is 16.4. The molecule has 0 aliphatic carbocycles. The van der Waals surface area contributed by atoms with Gasteiger partial charge in [0.05, 0.1) is 6.61 Å². The SMILES string of the molecule is N[C@@](O)(CO)C(=O)O. The van der Waals surface area contributed by atoms with Crippen molar-refractivity contribution in [1.29, 1.82) is 0 Å². The minimum atomic E-state index is -2.49. The normalized spacial score (nSPS) is 17.4. The number of carboxylic acid groups (broad SMARTS) is 1. The minimum absolute atomic E-state index is 0.984. The van der Waals surface area contributed by atoms with E-state index in [4.69, 9.17) is 15.3 Å². The average molecular weight is 121 g/mol. The van der Waals surface area contributed by atoms with Crippen molar-refractivity contribution in [3.05, 3.63) is 0 Å². The number of rotatable bonds is 2. The third-order valence-electron chi connectivity index (χ3n) is 0.611. The molecule has 0 saturated carbocycles. The molecule has 0 saturated heterocycles. The molecule has 0 bridgehead atoms. The maximum absolute atomic E-state index is 9.72. The number of hydrogen-bond donors (Lipinski definition) is 4. The Morgan fingerprint density at radius 3 is 2.12 bits per heavy atom. The summed E-state index contributed by atoms with van der Waals surface area (Å²) < 4.78 is 0. The van der Waals surface area contributed by atoms with Gasteiger partial charge in [0, 0.05) is 0 Å². The van der Waals surface area contributed by atoms with Crippen LogP contribution in [0.15, 0.2) is 0 Å². The lowest BCUT2D eigenvalue weighted by Crippen LogP contribution is -2.51. The van der Waals surface area contributed by atoms with E-state index in [0.29, 0.717) is 0 Å². The quantitative estimate of drug-likeness (QED) is 0.308. The molecule has 0 aromatic rings. The minimum Gasteiger partial charge on any atom is -0.478 e. The third kappa shape index (κ3) is 1.45. The van der Waals surface area contributed by atoms with Gasteiger partial charge < -0.3 is 15.3 Å². The van der Waals surface area contributed by atoms with E-state index in [1.54, 1.807) is 0 Å². The summed E-state index contributed by atoms with van der Waals surface area (Å²) in [5.74, 6) is -1.64. The third-order valence-corrected chi connectivity index (χ3v) is 0.611. The van der Waals surface area contributed by atoms with Crippen LogP contribution in [0.1, 0.15) is 0 Å². The number of carboxylic acids is 1. The van der Waals surface area contributed by atoms with E-state index in [1.807, 2.05) is 0 Å². The molecule has 0 unspecified atom stereocenters. The molecular formula is C3H7NO4. The lowest BCUT2D eigenvalue weighted by molar-refractivity contribution is -0.161. The number of nitrogens with two attached hydrogens (primary N) is 1. The summed E-state index contributed by atoms with van der Waals surface area (Å²) in [7, 11) is 0. The molecule has 1 atom stereocenters. The van der Waals surface area contributed by atoms with Crippen LogP contribution in [0.4, 0.5) is 0 Å². The van der Waals surface area contributed by atoms with Gasteiger partial charge in [0.25, 0.3) is 0 Å². The molecule has 0 fully saturated rings. The van der Waals surface area contributed by atoms with Gasteiger partial charge in [-0.3, -0.25) is 5.73 Å². The molecule has 0 amide bonds. The fourth-order valence-electron chi connectivity index (χ4n) is 0.0676. The summed E-state index contributed by atoms with van der Waals surface area (Å²) in [6.07, 6.45) is 0. The van der Waals surface area contributed by atoms with Crippen molar-refractivity contribution in [3.8, 4) is 0 Å². The van der Waals surface area contributed by atoms with E-state index >= 15 is 0 Å². The van der Waals surface area contributed by atoms with E-state index in [-0.39, 0.29) is 0 Å². The second-order valence-electron chi connectivity index (χ2n) is 1.39. The summed E-state index contributed by atoms with van der Waals surface area (Å²) in [6.45, 7) is -0.984. The predicted molar refractivity (Wildman–Crippen MR) is 23.9 cm³/mol. The number of hydrogen-bond acceptors (Lipinski definition) is 4. The van der Waals surface area contributed by atoms with Crippen molar-refractivity contribution < 1.29 is 20.1 Å². The molecule has 0 aliphatic rings. The molecule has 5 N–H and O–H groups in total. The van der Waals surface area contributed by atoms with Crippen LogP contribution < -0.4 is 5.73 Å². The maximum atomic E-state index is 9.72. The monoisotopic (exact) mass is 121 g/mol. The van der Waals surface area contributed by atoms with Gasteiger partial charge in [0.1, 0.15) is 0 Å².